The highest BCUT2D eigenvalue weighted by Crippen LogP contribution is 2.39. The molecule has 0 amide bonds. The van der Waals surface area contributed by atoms with E-state index < -0.39 is 0 Å². The summed E-state index contributed by atoms with van der Waals surface area (Å²) in [4.78, 5) is 0.918. The molecule has 1 atom stereocenters. The molecule has 6 heteroatoms. The van der Waals surface area contributed by atoms with E-state index >= 15 is 0 Å². The minimum atomic E-state index is 0.234. The number of aryl methyl sites for hydroxylation is 1. The van der Waals surface area contributed by atoms with E-state index in [0.717, 1.165) is 28.6 Å². The monoisotopic (exact) mass is 237 g/mol. The second-order valence-corrected chi connectivity index (χ2v) is 5.58. The fraction of sp³-hybridized carbons (Fsp3) is 0.700. The largest absolute Gasteiger partial charge is 0.328 e. The molecule has 0 aliphatic heterocycles. The van der Waals surface area contributed by atoms with Gasteiger partial charge in [0.2, 0.25) is 4.96 Å². The quantitative estimate of drug-likeness (QED) is 0.871. The molecule has 16 heavy (non-hydrogen) atoms. The maximum Gasteiger partial charge on any atom is 0.234 e. The summed E-state index contributed by atoms with van der Waals surface area (Å²) in [6.45, 7) is 2.02. The maximum absolute atomic E-state index is 5.74. The van der Waals surface area contributed by atoms with Crippen LogP contribution in [0.4, 0.5) is 0 Å². The number of rotatable bonds is 4. The molecule has 2 N–H and O–H groups in total. The molecule has 0 bridgehead atoms. The number of fused-ring (bicyclic) bond motifs is 1. The zero-order valence-corrected chi connectivity index (χ0v) is 10.1. The molecule has 2 aromatic heterocycles. The molecular formula is C10H15N5S. The van der Waals surface area contributed by atoms with E-state index in [-0.39, 0.29) is 6.04 Å². The third kappa shape index (κ3) is 1.82. The number of hydrogen-bond acceptors (Lipinski definition) is 5. The van der Waals surface area contributed by atoms with E-state index in [2.05, 4.69) is 15.3 Å². The van der Waals surface area contributed by atoms with Crippen LogP contribution in [0.1, 0.15) is 42.9 Å². The fourth-order valence-electron chi connectivity index (χ4n) is 1.72. The maximum atomic E-state index is 5.74. The summed E-state index contributed by atoms with van der Waals surface area (Å²) in [5.41, 5.74) is 5.74. The first-order chi connectivity index (χ1) is 7.74. The molecular weight excluding hydrogens is 222 g/mol. The molecule has 5 nitrogen and oxygen atoms in total. The van der Waals surface area contributed by atoms with Crippen molar-refractivity contribution in [3.8, 4) is 0 Å². The van der Waals surface area contributed by atoms with Crippen LogP contribution in [-0.2, 0) is 6.42 Å². The van der Waals surface area contributed by atoms with Crippen molar-refractivity contribution in [2.75, 3.05) is 0 Å². The molecule has 0 radical (unpaired) electrons. The van der Waals surface area contributed by atoms with Crippen molar-refractivity contribution in [1.82, 2.24) is 19.8 Å². The molecule has 3 rings (SSSR count). The summed E-state index contributed by atoms with van der Waals surface area (Å²) in [6.07, 6.45) is 4.37. The Morgan fingerprint density at radius 1 is 1.50 bits per heavy atom. The molecule has 1 unspecified atom stereocenters. The summed E-state index contributed by atoms with van der Waals surface area (Å²) in [7, 11) is 0. The SMILES string of the molecule is CC(N)CCc1nn2c(C3CC3)nnc2s1. The average molecular weight is 237 g/mol. The van der Waals surface area contributed by atoms with Gasteiger partial charge in [-0.1, -0.05) is 11.3 Å². The van der Waals surface area contributed by atoms with Crippen LogP contribution in [0.2, 0.25) is 0 Å². The van der Waals surface area contributed by atoms with E-state index in [4.69, 9.17) is 5.73 Å². The predicted octanol–water partition coefficient (Wildman–Crippen LogP) is 1.34. The predicted molar refractivity (Wildman–Crippen MR) is 62.6 cm³/mol. The Morgan fingerprint density at radius 2 is 2.31 bits per heavy atom. The normalized spacial score (nSPS) is 18.1. The second kappa shape index (κ2) is 3.78. The minimum absolute atomic E-state index is 0.234. The van der Waals surface area contributed by atoms with E-state index in [9.17, 15) is 0 Å². The first-order valence-electron chi connectivity index (χ1n) is 5.70. The number of nitrogens with zero attached hydrogens (tertiary/aromatic N) is 4. The zero-order chi connectivity index (χ0) is 11.1. The molecule has 0 saturated heterocycles. The van der Waals surface area contributed by atoms with Gasteiger partial charge in [0.15, 0.2) is 5.82 Å². The minimum Gasteiger partial charge on any atom is -0.328 e. The van der Waals surface area contributed by atoms with Gasteiger partial charge in [-0.2, -0.15) is 9.61 Å². The van der Waals surface area contributed by atoms with Gasteiger partial charge in [0.25, 0.3) is 0 Å². The van der Waals surface area contributed by atoms with Gasteiger partial charge in [0.05, 0.1) is 0 Å². The van der Waals surface area contributed by atoms with Gasteiger partial charge in [0, 0.05) is 18.4 Å². The topological polar surface area (TPSA) is 69.1 Å². The van der Waals surface area contributed by atoms with Gasteiger partial charge in [-0.05, 0) is 26.2 Å². The van der Waals surface area contributed by atoms with Crippen molar-refractivity contribution in [2.45, 2.75) is 44.6 Å². The third-order valence-corrected chi connectivity index (χ3v) is 3.77. The van der Waals surface area contributed by atoms with Gasteiger partial charge in [-0.15, -0.1) is 10.2 Å². The van der Waals surface area contributed by atoms with Crippen molar-refractivity contribution in [3.63, 3.8) is 0 Å². The van der Waals surface area contributed by atoms with Gasteiger partial charge in [-0.3, -0.25) is 0 Å². The fourth-order valence-corrected chi connectivity index (χ4v) is 2.58. The van der Waals surface area contributed by atoms with Crippen LogP contribution in [0.15, 0.2) is 0 Å². The summed E-state index contributed by atoms with van der Waals surface area (Å²) in [6, 6.07) is 0.234. The first-order valence-corrected chi connectivity index (χ1v) is 6.52. The summed E-state index contributed by atoms with van der Waals surface area (Å²) < 4.78 is 1.92. The van der Waals surface area contributed by atoms with E-state index in [1.165, 1.54) is 12.8 Å². The Balaban J connectivity index is 1.85. The van der Waals surface area contributed by atoms with Crippen molar-refractivity contribution in [3.05, 3.63) is 10.8 Å². The smallest absolute Gasteiger partial charge is 0.234 e. The zero-order valence-electron chi connectivity index (χ0n) is 9.26. The Kier molecular flexibility index (Phi) is 2.40. The lowest BCUT2D eigenvalue weighted by Gasteiger charge is -2.00. The van der Waals surface area contributed by atoms with Gasteiger partial charge < -0.3 is 5.73 Å². The molecule has 0 aromatic carbocycles. The third-order valence-electron chi connectivity index (χ3n) is 2.81. The summed E-state index contributed by atoms with van der Waals surface area (Å²) in [5, 5.41) is 14.0. The lowest BCUT2D eigenvalue weighted by Crippen LogP contribution is -2.15. The van der Waals surface area contributed by atoms with Crippen LogP contribution in [0.3, 0.4) is 0 Å². The molecule has 0 spiro atoms. The Hall–Kier alpha value is -1.01. The van der Waals surface area contributed by atoms with E-state index in [1.807, 2.05) is 11.4 Å². The molecule has 1 aliphatic rings. The van der Waals surface area contributed by atoms with Crippen LogP contribution in [0.25, 0.3) is 4.96 Å². The Labute approximate surface area is 97.7 Å². The molecule has 1 saturated carbocycles. The van der Waals surface area contributed by atoms with Crippen LogP contribution in [0.5, 0.6) is 0 Å². The van der Waals surface area contributed by atoms with Crippen molar-refractivity contribution in [1.29, 1.82) is 0 Å². The highest BCUT2D eigenvalue weighted by Gasteiger charge is 2.29. The summed E-state index contributed by atoms with van der Waals surface area (Å²) >= 11 is 1.63. The lowest BCUT2D eigenvalue weighted by molar-refractivity contribution is 0.656. The van der Waals surface area contributed by atoms with Crippen molar-refractivity contribution >= 4 is 16.3 Å². The lowest BCUT2D eigenvalue weighted by atomic mass is 10.2. The Morgan fingerprint density at radius 3 is 3.00 bits per heavy atom. The van der Waals surface area contributed by atoms with E-state index in [0.29, 0.717) is 5.92 Å². The van der Waals surface area contributed by atoms with Gasteiger partial charge in [-0.25, -0.2) is 0 Å². The number of hydrogen-bond donors (Lipinski definition) is 1. The van der Waals surface area contributed by atoms with Crippen molar-refractivity contribution < 1.29 is 0 Å². The standard InChI is InChI=1S/C10H15N5S/c1-6(11)2-5-8-14-15-9(7-3-4-7)12-13-10(15)16-8/h6-7H,2-5,11H2,1H3. The highest BCUT2D eigenvalue weighted by molar-refractivity contribution is 7.16. The molecule has 1 aliphatic carbocycles. The van der Waals surface area contributed by atoms with Crippen LogP contribution in [0, 0.1) is 0 Å². The Bertz CT molecular complexity index is 496. The van der Waals surface area contributed by atoms with Gasteiger partial charge in [0.1, 0.15) is 5.01 Å². The average Bonchev–Trinajstić information content (AvgIpc) is 2.88. The molecule has 1 fully saturated rings. The van der Waals surface area contributed by atoms with Crippen molar-refractivity contribution in [2.24, 2.45) is 5.73 Å². The first kappa shape index (κ1) is 10.2. The summed E-state index contributed by atoms with van der Waals surface area (Å²) in [5.74, 6) is 1.64. The van der Waals surface area contributed by atoms with Crippen LogP contribution >= 0.6 is 11.3 Å². The molecule has 2 heterocycles. The molecule has 2 aromatic rings. The number of aromatic nitrogens is 4. The molecule has 86 valence electrons. The number of nitrogens with two attached hydrogens (primary N) is 1. The van der Waals surface area contributed by atoms with E-state index in [1.54, 1.807) is 11.3 Å². The van der Waals surface area contributed by atoms with Crippen LogP contribution < -0.4 is 5.73 Å². The van der Waals surface area contributed by atoms with Gasteiger partial charge >= 0.3 is 0 Å². The highest BCUT2D eigenvalue weighted by atomic mass is 32.1. The second-order valence-electron chi connectivity index (χ2n) is 4.54. The van der Waals surface area contributed by atoms with Crippen LogP contribution in [-0.4, -0.2) is 25.9 Å².